The molecule has 2 aliphatic rings. The van der Waals surface area contributed by atoms with E-state index >= 15 is 0 Å². The number of rotatable bonds is 11. The largest absolute Gasteiger partial charge is 0.496 e. The highest BCUT2D eigenvalue weighted by Crippen LogP contribution is 2.32. The first-order valence-electron chi connectivity index (χ1n) is 16.8. The van der Waals surface area contributed by atoms with Crippen LogP contribution in [0.25, 0.3) is 10.9 Å². The van der Waals surface area contributed by atoms with Crippen molar-refractivity contribution in [2.24, 2.45) is 0 Å². The lowest BCUT2D eigenvalue weighted by atomic mass is 10.0. The number of allylic oxidation sites excluding steroid dienone is 4. The molecular weight excluding hydrogens is 610 g/mol. The van der Waals surface area contributed by atoms with Crippen LogP contribution in [0, 0.1) is 0 Å². The Labute approximate surface area is 282 Å². The Morgan fingerprint density at radius 1 is 1.00 bits per heavy atom. The number of aromatic nitrogens is 2. The molecule has 1 aliphatic heterocycles. The number of nitrogens with one attached hydrogen (secondary N) is 1. The van der Waals surface area contributed by atoms with Crippen molar-refractivity contribution < 1.29 is 23.8 Å². The number of carbonyl (C=O) groups is 2. The van der Waals surface area contributed by atoms with E-state index in [1.165, 1.54) is 0 Å². The maximum atomic E-state index is 14.1. The number of amides is 2. The molecule has 1 N–H and O–H groups in total. The molecule has 0 spiro atoms. The summed E-state index contributed by atoms with van der Waals surface area (Å²) in [5.41, 5.74) is 0.936. The van der Waals surface area contributed by atoms with Gasteiger partial charge in [-0.3, -0.25) is 19.1 Å². The number of alkyl carbamates (subject to hydrolysis) is 1. The zero-order valence-electron chi connectivity index (χ0n) is 28.6. The van der Waals surface area contributed by atoms with Gasteiger partial charge in [-0.25, -0.2) is 9.78 Å². The smallest absolute Gasteiger partial charge is 0.407 e. The second kappa shape index (κ2) is 15.5. The number of hydrogen-bond acceptors (Lipinski definition) is 8. The Kier molecular flexibility index (Phi) is 11.2. The Hall–Kier alpha value is -4.64. The number of carbonyl (C=O) groups excluding carboxylic acids is 2. The number of piperazine rings is 1. The average Bonchev–Trinajstić information content (AvgIpc) is 3.07. The molecule has 11 nitrogen and oxygen atoms in total. The normalized spacial score (nSPS) is 17.5. The predicted octanol–water partition coefficient (Wildman–Crippen LogP) is 5.52. The third-order valence-corrected chi connectivity index (χ3v) is 8.46. The van der Waals surface area contributed by atoms with Crippen molar-refractivity contribution in [1.29, 1.82) is 0 Å². The minimum atomic E-state index is -0.559. The van der Waals surface area contributed by atoms with Gasteiger partial charge in [0, 0.05) is 32.7 Å². The minimum Gasteiger partial charge on any atom is -0.496 e. The van der Waals surface area contributed by atoms with Gasteiger partial charge in [0.25, 0.3) is 11.5 Å². The van der Waals surface area contributed by atoms with Crippen LogP contribution < -0.4 is 15.6 Å². The molecule has 1 fully saturated rings. The lowest BCUT2D eigenvalue weighted by Gasteiger charge is -2.40. The number of para-hydroxylation sites is 1. The highest BCUT2D eigenvalue weighted by atomic mass is 16.6. The first-order chi connectivity index (χ1) is 23.1. The molecule has 256 valence electrons. The van der Waals surface area contributed by atoms with Crippen molar-refractivity contribution in [3.05, 3.63) is 94.3 Å². The van der Waals surface area contributed by atoms with E-state index in [9.17, 15) is 14.4 Å². The quantitative estimate of drug-likeness (QED) is 0.287. The number of ether oxygens (including phenoxy) is 3. The Balaban J connectivity index is 1.22. The van der Waals surface area contributed by atoms with Crippen LogP contribution >= 0.6 is 0 Å². The molecule has 11 heteroatoms. The lowest BCUT2D eigenvalue weighted by Crippen LogP contribution is -2.51. The van der Waals surface area contributed by atoms with Gasteiger partial charge >= 0.3 is 6.09 Å². The molecule has 2 unspecified atom stereocenters. The predicted molar refractivity (Wildman–Crippen MR) is 185 cm³/mol. The highest BCUT2D eigenvalue weighted by molar-refractivity contribution is 5.78. The molecule has 0 radical (unpaired) electrons. The monoisotopic (exact) mass is 657 g/mol. The fourth-order valence-corrected chi connectivity index (χ4v) is 6.16. The van der Waals surface area contributed by atoms with E-state index in [1.807, 2.05) is 85.7 Å². The van der Waals surface area contributed by atoms with Crippen molar-refractivity contribution in [2.75, 3.05) is 39.4 Å². The van der Waals surface area contributed by atoms with Crippen LogP contribution in [-0.4, -0.2) is 76.3 Å². The summed E-state index contributed by atoms with van der Waals surface area (Å²) >= 11 is 0. The van der Waals surface area contributed by atoms with E-state index in [1.54, 1.807) is 12.1 Å². The molecule has 1 saturated heterocycles. The second-order valence-corrected chi connectivity index (χ2v) is 13.0. The van der Waals surface area contributed by atoms with Crippen molar-refractivity contribution >= 4 is 22.9 Å². The van der Waals surface area contributed by atoms with Crippen LogP contribution in [0.3, 0.4) is 0 Å². The average molecular weight is 658 g/mol. The summed E-state index contributed by atoms with van der Waals surface area (Å²) < 4.78 is 18.9. The molecule has 1 aliphatic carbocycles. The fraction of sp³-hybridized carbons (Fsp3) is 0.459. The van der Waals surface area contributed by atoms with Gasteiger partial charge < -0.3 is 24.4 Å². The van der Waals surface area contributed by atoms with Gasteiger partial charge in [0.2, 0.25) is 0 Å². The topological polar surface area (TPSA) is 115 Å². The standard InChI is InChI=1S/C37H47N5O6/c1-6-30(34-39-29-13-9-8-12-28(29)35(44)42(34)31-14-10-11-15-32(31)46-7-2)40-20-22-41(23-21-40)33(43)25-47-27-18-16-26(17-19-27)24-38-36(45)48-37(3,4)5/h8-13,15-19,30-31H,6-7,14,20-25H2,1-5H3,(H,38,45). The Morgan fingerprint density at radius 2 is 1.73 bits per heavy atom. The van der Waals surface area contributed by atoms with E-state index in [-0.39, 0.29) is 30.2 Å². The molecule has 2 aromatic carbocycles. The molecule has 0 saturated carbocycles. The van der Waals surface area contributed by atoms with Crippen LogP contribution in [0.4, 0.5) is 4.79 Å². The van der Waals surface area contributed by atoms with Crippen LogP contribution in [0.2, 0.25) is 0 Å². The maximum Gasteiger partial charge on any atom is 0.407 e. The van der Waals surface area contributed by atoms with Gasteiger partial charge in [0.15, 0.2) is 6.61 Å². The summed E-state index contributed by atoms with van der Waals surface area (Å²) in [6.45, 7) is 12.6. The van der Waals surface area contributed by atoms with Crippen LogP contribution in [0.15, 0.2) is 77.3 Å². The molecule has 1 aromatic heterocycles. The second-order valence-electron chi connectivity index (χ2n) is 13.0. The molecule has 2 atom stereocenters. The Morgan fingerprint density at radius 3 is 2.42 bits per heavy atom. The van der Waals surface area contributed by atoms with E-state index in [0.717, 1.165) is 23.6 Å². The zero-order chi connectivity index (χ0) is 34.3. The van der Waals surface area contributed by atoms with Gasteiger partial charge in [-0.15, -0.1) is 0 Å². The summed E-state index contributed by atoms with van der Waals surface area (Å²) in [6.07, 6.45) is 6.89. The third-order valence-electron chi connectivity index (χ3n) is 8.46. The number of hydrogen-bond donors (Lipinski definition) is 1. The molecule has 2 heterocycles. The highest BCUT2D eigenvalue weighted by Gasteiger charge is 2.32. The lowest BCUT2D eigenvalue weighted by molar-refractivity contribution is -0.135. The van der Waals surface area contributed by atoms with Gasteiger partial charge in [-0.05, 0) is 76.4 Å². The Bertz CT molecular complexity index is 1700. The third kappa shape index (κ3) is 8.44. The van der Waals surface area contributed by atoms with Crippen molar-refractivity contribution in [3.8, 4) is 5.75 Å². The fourth-order valence-electron chi connectivity index (χ4n) is 6.16. The zero-order valence-corrected chi connectivity index (χ0v) is 28.6. The van der Waals surface area contributed by atoms with E-state index in [2.05, 4.69) is 23.2 Å². The molecule has 0 bridgehead atoms. The summed E-state index contributed by atoms with van der Waals surface area (Å²) in [6, 6.07) is 14.4. The summed E-state index contributed by atoms with van der Waals surface area (Å²) in [7, 11) is 0. The van der Waals surface area contributed by atoms with Crippen LogP contribution in [0.1, 0.15) is 70.9 Å². The van der Waals surface area contributed by atoms with Gasteiger partial charge in [-0.2, -0.15) is 0 Å². The molecule has 2 amide bonds. The minimum absolute atomic E-state index is 0.0692. The van der Waals surface area contributed by atoms with E-state index < -0.39 is 11.7 Å². The maximum absolute atomic E-state index is 14.1. The van der Waals surface area contributed by atoms with Gasteiger partial charge in [0.1, 0.15) is 22.9 Å². The van der Waals surface area contributed by atoms with E-state index in [4.69, 9.17) is 19.2 Å². The summed E-state index contributed by atoms with van der Waals surface area (Å²) in [4.78, 5) is 48.4. The molecule has 48 heavy (non-hydrogen) atoms. The van der Waals surface area contributed by atoms with Crippen molar-refractivity contribution in [3.63, 3.8) is 0 Å². The molecular formula is C37H47N5O6. The van der Waals surface area contributed by atoms with Crippen molar-refractivity contribution in [2.45, 2.75) is 71.7 Å². The molecule has 5 rings (SSSR count). The van der Waals surface area contributed by atoms with Crippen molar-refractivity contribution in [1.82, 2.24) is 24.7 Å². The summed E-state index contributed by atoms with van der Waals surface area (Å²) in [5, 5.41) is 3.32. The van der Waals surface area contributed by atoms with Crippen LogP contribution in [0.5, 0.6) is 5.75 Å². The number of benzene rings is 2. The first-order valence-corrected chi connectivity index (χ1v) is 16.8. The summed E-state index contributed by atoms with van der Waals surface area (Å²) in [5.74, 6) is 1.98. The first kappa shape index (κ1) is 34.7. The number of nitrogens with zero attached hydrogens (tertiary/aromatic N) is 4. The van der Waals surface area contributed by atoms with E-state index in [0.29, 0.717) is 62.4 Å². The van der Waals surface area contributed by atoms with Gasteiger partial charge in [-0.1, -0.05) is 43.3 Å². The van der Waals surface area contributed by atoms with Gasteiger partial charge in [0.05, 0.1) is 29.6 Å². The molecule has 3 aromatic rings. The van der Waals surface area contributed by atoms with Crippen LogP contribution in [-0.2, 0) is 20.8 Å². The number of fused-ring (bicyclic) bond motifs is 1. The SMILES string of the molecule is CCOC1=CC=CCC1n1c(C(CC)N2CCN(C(=O)COc3ccc(CNC(=O)OC(C)(C)C)cc3)CC2)nc2ccccc2c1=O.